The van der Waals surface area contributed by atoms with Gasteiger partial charge in [-0.15, -0.1) is 11.3 Å². The first-order valence-electron chi connectivity index (χ1n) is 4.97. The van der Waals surface area contributed by atoms with Crippen molar-refractivity contribution in [2.24, 2.45) is 0 Å². The highest BCUT2D eigenvalue weighted by molar-refractivity contribution is 14.1. The van der Waals surface area contributed by atoms with Crippen LogP contribution in [0.4, 0.5) is 0 Å². The van der Waals surface area contributed by atoms with Gasteiger partial charge in [-0.1, -0.05) is 5.16 Å². The molecule has 1 aliphatic carbocycles. The van der Waals surface area contributed by atoms with Gasteiger partial charge in [0.25, 0.3) is 0 Å². The Hall–Kier alpha value is -0.360. The molecule has 0 amide bonds. The van der Waals surface area contributed by atoms with E-state index in [0.717, 1.165) is 11.5 Å². The quantitative estimate of drug-likeness (QED) is 0.771. The lowest BCUT2D eigenvalue weighted by molar-refractivity contribution is 0.385. The minimum Gasteiger partial charge on any atom is -0.359 e. The summed E-state index contributed by atoms with van der Waals surface area (Å²) in [5, 5.41) is 4.19. The van der Waals surface area contributed by atoms with Crippen LogP contribution < -0.4 is 0 Å². The summed E-state index contributed by atoms with van der Waals surface area (Å²) in [4.78, 5) is 2.53. The van der Waals surface area contributed by atoms with Gasteiger partial charge in [-0.2, -0.15) is 0 Å². The minimum absolute atomic E-state index is 0.638. The van der Waals surface area contributed by atoms with Crippen LogP contribution in [0, 0.1) is 10.5 Å². The van der Waals surface area contributed by atoms with Crippen molar-refractivity contribution >= 4 is 33.9 Å². The van der Waals surface area contributed by atoms with Gasteiger partial charge in [0.2, 0.25) is 0 Å². The molecular formula is C11H10INOS. The van der Waals surface area contributed by atoms with E-state index in [1.54, 1.807) is 11.3 Å². The van der Waals surface area contributed by atoms with Gasteiger partial charge in [-0.25, -0.2) is 0 Å². The molecule has 4 heteroatoms. The molecule has 0 spiro atoms. The van der Waals surface area contributed by atoms with Crippen molar-refractivity contribution in [3.05, 3.63) is 26.3 Å². The average molecular weight is 331 g/mol. The molecule has 0 atom stereocenters. The van der Waals surface area contributed by atoms with Gasteiger partial charge in [0.05, 0.1) is 8.45 Å². The van der Waals surface area contributed by atoms with E-state index in [2.05, 4.69) is 46.8 Å². The zero-order valence-corrected chi connectivity index (χ0v) is 11.3. The summed E-state index contributed by atoms with van der Waals surface area (Å²) in [5.41, 5.74) is 1.02. The average Bonchev–Trinajstić information content (AvgIpc) is 2.86. The van der Waals surface area contributed by atoms with Crippen LogP contribution in [0.1, 0.15) is 29.4 Å². The molecule has 0 bridgehead atoms. The maximum Gasteiger partial charge on any atom is 0.153 e. The van der Waals surface area contributed by atoms with E-state index in [9.17, 15) is 0 Å². The predicted octanol–water partition coefficient (Wildman–Crippen LogP) is 4.19. The molecule has 2 aromatic heterocycles. The first-order chi connectivity index (χ1) is 7.25. The maximum absolute atomic E-state index is 5.43. The van der Waals surface area contributed by atoms with E-state index in [4.69, 9.17) is 4.52 Å². The third kappa shape index (κ3) is 1.73. The van der Waals surface area contributed by atoms with E-state index in [0.29, 0.717) is 5.92 Å². The number of halogens is 1. The highest BCUT2D eigenvalue weighted by Gasteiger charge is 2.31. The number of rotatable bonds is 2. The van der Waals surface area contributed by atoms with Crippen LogP contribution in [0.15, 0.2) is 16.7 Å². The molecule has 0 N–H and O–H groups in total. The van der Waals surface area contributed by atoms with Gasteiger partial charge in [-0.05, 0) is 54.5 Å². The van der Waals surface area contributed by atoms with Crippen molar-refractivity contribution < 1.29 is 4.52 Å². The number of hydrogen-bond donors (Lipinski definition) is 0. The lowest BCUT2D eigenvalue weighted by Gasteiger charge is -1.91. The lowest BCUT2D eigenvalue weighted by Crippen LogP contribution is -1.79. The van der Waals surface area contributed by atoms with Crippen molar-refractivity contribution in [2.75, 3.05) is 0 Å². The van der Waals surface area contributed by atoms with Gasteiger partial charge in [-0.3, -0.25) is 0 Å². The molecule has 2 aromatic rings. The van der Waals surface area contributed by atoms with Gasteiger partial charge >= 0.3 is 0 Å². The standard InChI is InChI=1S/C11H10INOS/c1-6-2-5-8(15-6)10-9(12)11(14-13-10)7-3-4-7/h2,5,7H,3-4H2,1H3. The molecule has 1 saturated carbocycles. The fourth-order valence-electron chi connectivity index (χ4n) is 1.61. The molecule has 1 fully saturated rings. The van der Waals surface area contributed by atoms with Crippen molar-refractivity contribution in [3.63, 3.8) is 0 Å². The van der Waals surface area contributed by atoms with Crippen LogP contribution in [0.5, 0.6) is 0 Å². The van der Waals surface area contributed by atoms with E-state index >= 15 is 0 Å². The highest BCUT2D eigenvalue weighted by atomic mass is 127. The van der Waals surface area contributed by atoms with Crippen molar-refractivity contribution in [2.45, 2.75) is 25.7 Å². The molecule has 0 unspecified atom stereocenters. The number of aryl methyl sites for hydroxylation is 1. The fraction of sp³-hybridized carbons (Fsp3) is 0.364. The summed E-state index contributed by atoms with van der Waals surface area (Å²) in [7, 11) is 0. The Labute approximate surface area is 106 Å². The molecule has 2 heterocycles. The third-order valence-corrected chi connectivity index (χ3v) is 4.63. The van der Waals surface area contributed by atoms with Gasteiger partial charge in [0.1, 0.15) is 5.69 Å². The second-order valence-electron chi connectivity index (χ2n) is 3.89. The fourth-order valence-corrected chi connectivity index (χ4v) is 3.57. The zero-order valence-electron chi connectivity index (χ0n) is 8.29. The Morgan fingerprint density at radius 3 is 2.87 bits per heavy atom. The van der Waals surface area contributed by atoms with Crippen LogP contribution in [-0.4, -0.2) is 5.16 Å². The molecule has 78 valence electrons. The molecular weight excluding hydrogens is 321 g/mol. The van der Waals surface area contributed by atoms with E-state index in [1.165, 1.54) is 26.2 Å². The first-order valence-corrected chi connectivity index (χ1v) is 6.87. The van der Waals surface area contributed by atoms with Gasteiger partial charge in [0.15, 0.2) is 5.76 Å². The zero-order chi connectivity index (χ0) is 10.4. The van der Waals surface area contributed by atoms with E-state index in [1.807, 2.05) is 0 Å². The largest absolute Gasteiger partial charge is 0.359 e. The summed E-state index contributed by atoms with van der Waals surface area (Å²) >= 11 is 4.13. The van der Waals surface area contributed by atoms with Crippen LogP contribution >= 0.6 is 33.9 Å². The second-order valence-corrected chi connectivity index (χ2v) is 6.26. The molecule has 1 aliphatic rings. The lowest BCUT2D eigenvalue weighted by atomic mass is 10.2. The van der Waals surface area contributed by atoms with Crippen molar-refractivity contribution in [1.82, 2.24) is 5.16 Å². The molecule has 15 heavy (non-hydrogen) atoms. The van der Waals surface area contributed by atoms with E-state index < -0.39 is 0 Å². The topological polar surface area (TPSA) is 26.0 Å². The summed E-state index contributed by atoms with van der Waals surface area (Å²) in [6.07, 6.45) is 2.52. The van der Waals surface area contributed by atoms with Crippen LogP contribution in [0.25, 0.3) is 10.6 Å². The predicted molar refractivity (Wildman–Crippen MR) is 69.2 cm³/mol. The molecule has 0 saturated heterocycles. The molecule has 0 aromatic carbocycles. The molecule has 0 radical (unpaired) electrons. The summed E-state index contributed by atoms with van der Waals surface area (Å²) in [6, 6.07) is 4.25. The summed E-state index contributed by atoms with van der Waals surface area (Å²) in [5.74, 6) is 1.73. The minimum atomic E-state index is 0.638. The monoisotopic (exact) mass is 331 g/mol. The van der Waals surface area contributed by atoms with Crippen molar-refractivity contribution in [3.8, 4) is 10.6 Å². The van der Waals surface area contributed by atoms with Crippen molar-refractivity contribution in [1.29, 1.82) is 0 Å². The number of aromatic nitrogens is 1. The molecule has 0 aliphatic heterocycles. The van der Waals surface area contributed by atoms with Crippen LogP contribution in [-0.2, 0) is 0 Å². The van der Waals surface area contributed by atoms with Crippen LogP contribution in [0.3, 0.4) is 0 Å². The maximum atomic E-state index is 5.43. The Kier molecular flexibility index (Phi) is 2.35. The normalized spacial score (nSPS) is 15.9. The Balaban J connectivity index is 2.04. The van der Waals surface area contributed by atoms with E-state index in [-0.39, 0.29) is 0 Å². The Morgan fingerprint density at radius 1 is 1.47 bits per heavy atom. The third-order valence-electron chi connectivity index (χ3n) is 2.58. The Morgan fingerprint density at radius 2 is 2.27 bits per heavy atom. The van der Waals surface area contributed by atoms with Gasteiger partial charge in [0, 0.05) is 10.8 Å². The molecule has 3 rings (SSSR count). The number of thiophene rings is 1. The Bertz CT molecular complexity index is 498. The second kappa shape index (κ2) is 3.59. The highest BCUT2D eigenvalue weighted by Crippen LogP contribution is 2.44. The summed E-state index contributed by atoms with van der Waals surface area (Å²) < 4.78 is 6.64. The smallest absolute Gasteiger partial charge is 0.153 e. The first kappa shape index (κ1) is 9.84. The SMILES string of the molecule is Cc1ccc(-c2noc(C3CC3)c2I)s1. The van der Waals surface area contributed by atoms with Crippen LogP contribution in [0.2, 0.25) is 0 Å². The number of hydrogen-bond acceptors (Lipinski definition) is 3. The number of nitrogens with zero attached hydrogens (tertiary/aromatic N) is 1. The molecule has 2 nitrogen and oxygen atoms in total. The van der Waals surface area contributed by atoms with Gasteiger partial charge < -0.3 is 4.52 Å². The summed E-state index contributed by atoms with van der Waals surface area (Å²) in [6.45, 7) is 2.11.